The molecular weight excluding hydrogens is 251 g/mol. The van der Waals surface area contributed by atoms with Crippen LogP contribution >= 0.6 is 0 Å². The van der Waals surface area contributed by atoms with E-state index in [1.165, 1.54) is 12.1 Å². The van der Waals surface area contributed by atoms with Gasteiger partial charge in [-0.2, -0.15) is 0 Å². The van der Waals surface area contributed by atoms with Crippen LogP contribution < -0.4 is 5.32 Å². The summed E-state index contributed by atoms with van der Waals surface area (Å²) in [6.07, 6.45) is 0.222. The number of carbonyl (C=O) groups is 3. The second kappa shape index (κ2) is 3.88. The SMILES string of the molecule is O=C1c2ccccc2C(=O)N1C1(F)CCCNC1=O. The first-order valence-corrected chi connectivity index (χ1v) is 6.01. The number of carbonyl (C=O) groups excluding carboxylic acids is 3. The standard InChI is InChI=1S/C13H11FN2O3/c14-13(6-3-7-15-12(13)19)16-10(17)8-4-1-2-5-9(8)11(16)18/h1-2,4-5H,3,6-7H2,(H,15,19). The molecule has 19 heavy (non-hydrogen) atoms. The molecule has 1 saturated heterocycles. The summed E-state index contributed by atoms with van der Waals surface area (Å²) in [4.78, 5) is 36.4. The van der Waals surface area contributed by atoms with Crippen molar-refractivity contribution in [3.63, 3.8) is 0 Å². The highest BCUT2D eigenvalue weighted by molar-refractivity contribution is 6.23. The molecule has 98 valence electrons. The van der Waals surface area contributed by atoms with Crippen LogP contribution in [0.25, 0.3) is 0 Å². The Hall–Kier alpha value is -2.24. The van der Waals surface area contributed by atoms with E-state index in [-0.39, 0.29) is 17.5 Å². The minimum atomic E-state index is -2.58. The van der Waals surface area contributed by atoms with E-state index in [0.717, 1.165) is 0 Å². The number of amides is 3. The minimum Gasteiger partial charge on any atom is -0.352 e. The van der Waals surface area contributed by atoms with Crippen LogP contribution in [0.4, 0.5) is 4.39 Å². The summed E-state index contributed by atoms with van der Waals surface area (Å²) in [6.45, 7) is 0.355. The molecule has 1 aromatic carbocycles. The lowest BCUT2D eigenvalue weighted by Gasteiger charge is -2.34. The van der Waals surface area contributed by atoms with Gasteiger partial charge in [0.05, 0.1) is 11.1 Å². The molecule has 1 N–H and O–H groups in total. The molecular formula is C13H11FN2O3. The van der Waals surface area contributed by atoms with Gasteiger partial charge in [-0.25, -0.2) is 9.29 Å². The van der Waals surface area contributed by atoms with Gasteiger partial charge in [0.25, 0.3) is 23.5 Å². The molecule has 3 rings (SSSR count). The summed E-state index contributed by atoms with van der Waals surface area (Å²) in [5.41, 5.74) is 0.283. The molecule has 0 spiro atoms. The van der Waals surface area contributed by atoms with E-state index in [2.05, 4.69) is 5.32 Å². The van der Waals surface area contributed by atoms with E-state index < -0.39 is 23.5 Å². The van der Waals surface area contributed by atoms with E-state index in [4.69, 9.17) is 0 Å². The summed E-state index contributed by atoms with van der Waals surface area (Å²) in [7, 11) is 0. The molecule has 1 aromatic rings. The van der Waals surface area contributed by atoms with Gasteiger partial charge in [0.15, 0.2) is 0 Å². The van der Waals surface area contributed by atoms with Gasteiger partial charge in [0.1, 0.15) is 0 Å². The van der Waals surface area contributed by atoms with Gasteiger partial charge < -0.3 is 5.32 Å². The molecule has 6 heteroatoms. The van der Waals surface area contributed by atoms with Gasteiger partial charge >= 0.3 is 0 Å². The Bertz CT molecular complexity index is 566. The van der Waals surface area contributed by atoms with Gasteiger partial charge in [-0.05, 0) is 18.6 Å². The van der Waals surface area contributed by atoms with Crippen LogP contribution in [-0.4, -0.2) is 35.0 Å². The molecule has 0 aromatic heterocycles. The molecule has 0 saturated carbocycles. The lowest BCUT2D eigenvalue weighted by Crippen LogP contribution is -2.60. The molecule has 2 heterocycles. The van der Waals surface area contributed by atoms with Crippen molar-refractivity contribution in [2.75, 3.05) is 6.54 Å². The predicted octanol–water partition coefficient (Wildman–Crippen LogP) is 0.858. The fraction of sp³-hybridized carbons (Fsp3) is 0.308. The second-order valence-corrected chi connectivity index (χ2v) is 4.61. The van der Waals surface area contributed by atoms with Gasteiger partial charge in [-0.3, -0.25) is 14.4 Å². The summed E-state index contributed by atoms with van der Waals surface area (Å²) in [5.74, 6) is -5.00. The maximum atomic E-state index is 14.8. The number of fused-ring (bicyclic) bond motifs is 1. The first kappa shape index (κ1) is 11.8. The lowest BCUT2D eigenvalue weighted by molar-refractivity contribution is -0.144. The first-order valence-electron chi connectivity index (χ1n) is 6.01. The zero-order chi connectivity index (χ0) is 13.6. The fourth-order valence-electron chi connectivity index (χ4n) is 2.50. The highest BCUT2D eigenvalue weighted by Gasteiger charge is 2.55. The van der Waals surface area contributed by atoms with Gasteiger partial charge in [-0.15, -0.1) is 0 Å². The quantitative estimate of drug-likeness (QED) is 0.603. The van der Waals surface area contributed by atoms with Crippen molar-refractivity contribution in [1.29, 1.82) is 0 Å². The highest BCUT2D eigenvalue weighted by Crippen LogP contribution is 2.34. The number of nitrogens with one attached hydrogen (secondary N) is 1. The Balaban J connectivity index is 2.06. The lowest BCUT2D eigenvalue weighted by atomic mass is 10.0. The third-order valence-electron chi connectivity index (χ3n) is 3.47. The molecule has 0 radical (unpaired) electrons. The summed E-state index contributed by atoms with van der Waals surface area (Å²) < 4.78 is 14.8. The highest BCUT2D eigenvalue weighted by atomic mass is 19.1. The van der Waals surface area contributed by atoms with E-state index in [1.54, 1.807) is 12.1 Å². The average molecular weight is 262 g/mol. The fourth-order valence-corrected chi connectivity index (χ4v) is 2.50. The van der Waals surface area contributed by atoms with Crippen LogP contribution in [0.3, 0.4) is 0 Å². The number of nitrogens with zero attached hydrogens (tertiary/aromatic N) is 1. The zero-order valence-electron chi connectivity index (χ0n) is 9.98. The van der Waals surface area contributed by atoms with Crippen LogP contribution in [0.2, 0.25) is 0 Å². The van der Waals surface area contributed by atoms with Crippen molar-refractivity contribution < 1.29 is 18.8 Å². The van der Waals surface area contributed by atoms with Gasteiger partial charge in [0.2, 0.25) is 0 Å². The van der Waals surface area contributed by atoms with Crippen LogP contribution in [0.1, 0.15) is 33.6 Å². The third kappa shape index (κ3) is 1.49. The van der Waals surface area contributed by atoms with Crippen molar-refractivity contribution in [2.24, 2.45) is 0 Å². The molecule has 2 aliphatic rings. The zero-order valence-corrected chi connectivity index (χ0v) is 9.98. The minimum absolute atomic E-state index is 0.142. The number of imide groups is 1. The number of hydrogen-bond acceptors (Lipinski definition) is 3. The Morgan fingerprint density at radius 2 is 1.68 bits per heavy atom. The predicted molar refractivity (Wildman–Crippen MR) is 63.0 cm³/mol. The topological polar surface area (TPSA) is 66.5 Å². The van der Waals surface area contributed by atoms with Crippen molar-refractivity contribution in [2.45, 2.75) is 18.6 Å². The molecule has 2 aliphatic heterocycles. The Morgan fingerprint density at radius 1 is 1.11 bits per heavy atom. The molecule has 3 amide bonds. The van der Waals surface area contributed by atoms with Crippen LogP contribution in [0.5, 0.6) is 0 Å². The average Bonchev–Trinajstić information content (AvgIpc) is 2.67. The normalized spacial score (nSPS) is 26.4. The van der Waals surface area contributed by atoms with Crippen molar-refractivity contribution in [1.82, 2.24) is 10.2 Å². The molecule has 1 unspecified atom stereocenters. The Kier molecular flexibility index (Phi) is 2.41. The number of rotatable bonds is 1. The van der Waals surface area contributed by atoms with E-state index in [0.29, 0.717) is 17.9 Å². The molecule has 1 fully saturated rings. The number of alkyl halides is 1. The Morgan fingerprint density at radius 3 is 2.21 bits per heavy atom. The number of piperidine rings is 1. The number of halogens is 1. The molecule has 1 atom stereocenters. The largest absolute Gasteiger partial charge is 0.352 e. The number of hydrogen-bond donors (Lipinski definition) is 1. The summed E-state index contributed by atoms with van der Waals surface area (Å²) >= 11 is 0. The number of benzene rings is 1. The van der Waals surface area contributed by atoms with Crippen LogP contribution in [0, 0.1) is 0 Å². The second-order valence-electron chi connectivity index (χ2n) is 4.61. The van der Waals surface area contributed by atoms with Crippen LogP contribution in [0.15, 0.2) is 24.3 Å². The van der Waals surface area contributed by atoms with Crippen molar-refractivity contribution >= 4 is 17.7 Å². The monoisotopic (exact) mass is 262 g/mol. The van der Waals surface area contributed by atoms with Crippen LogP contribution in [-0.2, 0) is 4.79 Å². The third-order valence-corrected chi connectivity index (χ3v) is 3.47. The molecule has 0 bridgehead atoms. The van der Waals surface area contributed by atoms with E-state index in [1.807, 2.05) is 0 Å². The van der Waals surface area contributed by atoms with E-state index in [9.17, 15) is 18.8 Å². The Labute approximate surface area is 108 Å². The maximum Gasteiger partial charge on any atom is 0.279 e. The first-order chi connectivity index (χ1) is 9.05. The van der Waals surface area contributed by atoms with Gasteiger partial charge in [-0.1, -0.05) is 12.1 Å². The molecule has 5 nitrogen and oxygen atoms in total. The summed E-state index contributed by atoms with van der Waals surface area (Å²) in [5, 5.41) is 2.36. The molecule has 0 aliphatic carbocycles. The summed E-state index contributed by atoms with van der Waals surface area (Å²) in [6, 6.07) is 6.11. The smallest absolute Gasteiger partial charge is 0.279 e. The van der Waals surface area contributed by atoms with Crippen molar-refractivity contribution in [3.05, 3.63) is 35.4 Å². The van der Waals surface area contributed by atoms with E-state index >= 15 is 0 Å². The maximum absolute atomic E-state index is 14.8. The van der Waals surface area contributed by atoms with Gasteiger partial charge in [0, 0.05) is 13.0 Å². The van der Waals surface area contributed by atoms with Crippen molar-refractivity contribution in [3.8, 4) is 0 Å².